The molecule has 3 aromatic rings. The number of hydrogen-bond acceptors (Lipinski definition) is 5. The van der Waals surface area contributed by atoms with E-state index in [1.807, 2.05) is 24.3 Å². The van der Waals surface area contributed by atoms with Crippen LogP contribution in [-0.4, -0.2) is 48.5 Å². The molecule has 1 aliphatic rings. The lowest BCUT2D eigenvalue weighted by atomic mass is 9.97. The second kappa shape index (κ2) is 8.68. The first-order chi connectivity index (χ1) is 14.1. The third-order valence-electron chi connectivity index (χ3n) is 5.36. The molecule has 0 radical (unpaired) electrons. The second-order valence-corrected chi connectivity index (χ2v) is 7.31. The fourth-order valence-corrected chi connectivity index (χ4v) is 3.76. The Kier molecular flexibility index (Phi) is 5.83. The number of pyridine rings is 1. The highest BCUT2D eigenvalue weighted by atomic mass is 19.1. The third kappa shape index (κ3) is 4.44. The molecule has 1 aliphatic heterocycles. The van der Waals surface area contributed by atoms with Gasteiger partial charge in [0.15, 0.2) is 5.78 Å². The molecule has 4 rings (SSSR count). The van der Waals surface area contributed by atoms with Crippen molar-refractivity contribution in [3.8, 4) is 11.1 Å². The van der Waals surface area contributed by atoms with Crippen molar-refractivity contribution in [1.29, 1.82) is 0 Å². The van der Waals surface area contributed by atoms with E-state index in [1.54, 1.807) is 12.3 Å². The number of ether oxygens (including phenoxy) is 1. The van der Waals surface area contributed by atoms with Crippen molar-refractivity contribution in [1.82, 2.24) is 9.88 Å². The van der Waals surface area contributed by atoms with Gasteiger partial charge in [-0.2, -0.15) is 0 Å². The summed E-state index contributed by atoms with van der Waals surface area (Å²) in [5, 5.41) is 1.50. The number of aromatic nitrogens is 1. The fourth-order valence-electron chi connectivity index (χ4n) is 3.76. The van der Waals surface area contributed by atoms with Gasteiger partial charge in [-0.25, -0.2) is 9.37 Å². The van der Waals surface area contributed by atoms with Gasteiger partial charge in [-0.1, -0.05) is 24.3 Å². The Morgan fingerprint density at radius 1 is 1.10 bits per heavy atom. The molecule has 5 nitrogen and oxygen atoms in total. The van der Waals surface area contributed by atoms with E-state index in [4.69, 9.17) is 10.5 Å². The molecule has 2 aromatic carbocycles. The Labute approximate surface area is 169 Å². The fraction of sp³-hybridized carbons (Fsp3) is 0.304. The predicted molar refractivity (Wildman–Crippen MR) is 112 cm³/mol. The lowest BCUT2D eigenvalue weighted by Gasteiger charge is -2.26. The molecule has 0 atom stereocenters. The Bertz CT molecular complexity index is 1030. The number of Topliss-reactive ketones (excluding diaryl/α,β-unsaturated/α-hetero) is 1. The van der Waals surface area contributed by atoms with Crippen molar-refractivity contribution in [2.24, 2.45) is 0 Å². The average molecular weight is 393 g/mol. The molecule has 150 valence electrons. The monoisotopic (exact) mass is 393 g/mol. The number of benzene rings is 2. The number of nitrogen functional groups attached to an aromatic ring is 1. The smallest absolute Gasteiger partial charge is 0.165 e. The number of carbonyl (C=O) groups is 1. The summed E-state index contributed by atoms with van der Waals surface area (Å²) < 4.78 is 18.9. The minimum Gasteiger partial charge on any atom is -0.383 e. The number of fused-ring (bicyclic) bond motifs is 1. The Balaban J connectivity index is 1.55. The summed E-state index contributed by atoms with van der Waals surface area (Å²) in [6.45, 7) is 4.24. The predicted octanol–water partition coefficient (Wildman–Crippen LogP) is 3.92. The maximum Gasteiger partial charge on any atom is 0.165 e. The molecule has 1 fully saturated rings. The zero-order chi connectivity index (χ0) is 20.2. The van der Waals surface area contributed by atoms with E-state index >= 15 is 0 Å². The summed E-state index contributed by atoms with van der Waals surface area (Å²) >= 11 is 0. The maximum atomic E-state index is 13.6. The molecular weight excluding hydrogens is 369 g/mol. The molecule has 29 heavy (non-hydrogen) atoms. The summed E-state index contributed by atoms with van der Waals surface area (Å²) in [5.74, 6) is 0.135. The number of hydrogen-bond donors (Lipinski definition) is 1. The van der Waals surface area contributed by atoms with Crippen molar-refractivity contribution in [3.63, 3.8) is 0 Å². The number of rotatable bonds is 6. The van der Waals surface area contributed by atoms with Gasteiger partial charge < -0.3 is 10.5 Å². The highest BCUT2D eigenvalue weighted by molar-refractivity contribution is 6.10. The first-order valence-electron chi connectivity index (χ1n) is 9.89. The SMILES string of the molecule is Nc1ncc(C(=O)CCCN2CCOCC2)c2ccc(-c3cccc(F)c3)cc12. The molecule has 0 spiro atoms. The van der Waals surface area contributed by atoms with Gasteiger partial charge in [0.05, 0.1) is 13.2 Å². The zero-order valence-electron chi connectivity index (χ0n) is 16.2. The van der Waals surface area contributed by atoms with Gasteiger partial charge in [-0.15, -0.1) is 0 Å². The van der Waals surface area contributed by atoms with Crippen LogP contribution in [0.15, 0.2) is 48.7 Å². The molecule has 2 heterocycles. The molecule has 2 N–H and O–H groups in total. The number of nitrogens with two attached hydrogens (primary N) is 1. The van der Waals surface area contributed by atoms with Gasteiger partial charge in [0.25, 0.3) is 0 Å². The van der Waals surface area contributed by atoms with E-state index < -0.39 is 0 Å². The lowest BCUT2D eigenvalue weighted by molar-refractivity contribution is 0.0371. The van der Waals surface area contributed by atoms with E-state index in [0.29, 0.717) is 23.2 Å². The van der Waals surface area contributed by atoms with Gasteiger partial charge >= 0.3 is 0 Å². The lowest BCUT2D eigenvalue weighted by Crippen LogP contribution is -2.36. The number of morpholine rings is 1. The Morgan fingerprint density at radius 3 is 2.69 bits per heavy atom. The van der Waals surface area contributed by atoms with Crippen LogP contribution in [0.1, 0.15) is 23.2 Å². The zero-order valence-corrected chi connectivity index (χ0v) is 16.2. The van der Waals surface area contributed by atoms with Crippen molar-refractivity contribution >= 4 is 22.4 Å². The number of halogens is 1. The molecule has 0 bridgehead atoms. The van der Waals surface area contributed by atoms with Crippen LogP contribution in [0.2, 0.25) is 0 Å². The van der Waals surface area contributed by atoms with Crippen LogP contribution >= 0.6 is 0 Å². The minimum atomic E-state index is -0.294. The van der Waals surface area contributed by atoms with Crippen LogP contribution < -0.4 is 5.73 Å². The Hall–Kier alpha value is -2.83. The van der Waals surface area contributed by atoms with E-state index in [2.05, 4.69) is 9.88 Å². The van der Waals surface area contributed by atoms with Crippen LogP contribution in [0, 0.1) is 5.82 Å². The topological polar surface area (TPSA) is 68.5 Å². The van der Waals surface area contributed by atoms with E-state index in [1.165, 1.54) is 12.1 Å². The molecule has 0 saturated carbocycles. The van der Waals surface area contributed by atoms with Crippen LogP contribution in [0.4, 0.5) is 10.2 Å². The maximum absolute atomic E-state index is 13.6. The van der Waals surface area contributed by atoms with Gasteiger partial charge in [0, 0.05) is 36.7 Å². The van der Waals surface area contributed by atoms with E-state index in [9.17, 15) is 9.18 Å². The molecule has 0 aliphatic carbocycles. The average Bonchev–Trinajstić information content (AvgIpc) is 2.74. The number of anilines is 1. The minimum absolute atomic E-state index is 0.0641. The third-order valence-corrected chi connectivity index (χ3v) is 5.36. The summed E-state index contributed by atoms with van der Waals surface area (Å²) in [4.78, 5) is 19.4. The largest absolute Gasteiger partial charge is 0.383 e. The van der Waals surface area contributed by atoms with Crippen LogP contribution in [-0.2, 0) is 4.74 Å². The van der Waals surface area contributed by atoms with Crippen molar-refractivity contribution in [2.75, 3.05) is 38.6 Å². The first kappa shape index (κ1) is 19.5. The molecule has 6 heteroatoms. The summed E-state index contributed by atoms with van der Waals surface area (Å²) in [6.07, 6.45) is 2.83. The van der Waals surface area contributed by atoms with Crippen molar-refractivity contribution < 1.29 is 13.9 Å². The van der Waals surface area contributed by atoms with Crippen molar-refractivity contribution in [3.05, 3.63) is 60.0 Å². The standard InChI is InChI=1S/C23H24FN3O2/c24-18-4-1-3-16(13-18)17-6-7-19-20(14-17)23(25)26-15-21(19)22(28)5-2-8-27-9-11-29-12-10-27/h1,3-4,6-7,13-15H,2,5,8-12H2,(H2,25,26). The summed E-state index contributed by atoms with van der Waals surface area (Å²) in [6, 6.07) is 12.0. The second-order valence-electron chi connectivity index (χ2n) is 7.31. The van der Waals surface area contributed by atoms with E-state index in [0.717, 1.165) is 55.8 Å². The highest BCUT2D eigenvalue weighted by Gasteiger charge is 2.15. The summed E-state index contributed by atoms with van der Waals surface area (Å²) in [7, 11) is 0. The number of nitrogens with zero attached hydrogens (tertiary/aromatic N) is 2. The summed E-state index contributed by atoms with van der Waals surface area (Å²) in [5.41, 5.74) is 8.26. The first-order valence-corrected chi connectivity index (χ1v) is 9.89. The van der Waals surface area contributed by atoms with Gasteiger partial charge in [0.1, 0.15) is 11.6 Å². The highest BCUT2D eigenvalue weighted by Crippen LogP contribution is 2.30. The molecular formula is C23H24FN3O2. The van der Waals surface area contributed by atoms with Gasteiger partial charge in [0.2, 0.25) is 0 Å². The van der Waals surface area contributed by atoms with Crippen LogP contribution in [0.5, 0.6) is 0 Å². The van der Waals surface area contributed by atoms with Crippen molar-refractivity contribution in [2.45, 2.75) is 12.8 Å². The molecule has 1 saturated heterocycles. The van der Waals surface area contributed by atoms with Crippen LogP contribution in [0.25, 0.3) is 21.9 Å². The number of ketones is 1. The van der Waals surface area contributed by atoms with Crippen LogP contribution in [0.3, 0.4) is 0 Å². The molecule has 0 unspecified atom stereocenters. The molecule has 1 aromatic heterocycles. The van der Waals surface area contributed by atoms with Gasteiger partial charge in [-0.3, -0.25) is 9.69 Å². The quantitative estimate of drug-likeness (QED) is 0.643. The normalized spacial score (nSPS) is 14.9. The molecule has 0 amide bonds. The van der Waals surface area contributed by atoms with E-state index in [-0.39, 0.29) is 11.6 Å². The Morgan fingerprint density at radius 2 is 1.90 bits per heavy atom. The number of carbonyl (C=O) groups excluding carboxylic acids is 1. The van der Waals surface area contributed by atoms with Gasteiger partial charge in [-0.05, 0) is 47.7 Å².